The largest absolute Gasteiger partial charge is 0.457 e. The number of benzene rings is 1. The Bertz CT molecular complexity index is 1140. The van der Waals surface area contributed by atoms with Gasteiger partial charge in [-0.3, -0.25) is 9.78 Å². The molecular formula is C24H28N4O3. The zero-order chi connectivity index (χ0) is 21.8. The van der Waals surface area contributed by atoms with E-state index in [4.69, 9.17) is 9.15 Å². The minimum atomic E-state index is -0.259. The Kier molecular flexibility index (Phi) is 4.64. The van der Waals surface area contributed by atoms with E-state index in [1.54, 1.807) is 25.4 Å². The number of nitrogens with zero attached hydrogens (tertiary/aromatic N) is 2. The first kappa shape index (κ1) is 19.8. The molecule has 3 fully saturated rings. The molecule has 162 valence electrons. The van der Waals surface area contributed by atoms with Gasteiger partial charge in [0.15, 0.2) is 5.58 Å². The highest BCUT2D eigenvalue weighted by Gasteiger charge is 2.56. The number of hydrogen-bond donors (Lipinski definition) is 2. The summed E-state index contributed by atoms with van der Waals surface area (Å²) in [6, 6.07) is 9.81. The van der Waals surface area contributed by atoms with E-state index in [2.05, 4.69) is 41.4 Å². The van der Waals surface area contributed by atoms with E-state index in [9.17, 15) is 4.79 Å². The molecule has 1 amide bonds. The zero-order valence-corrected chi connectivity index (χ0v) is 18.3. The average molecular weight is 421 g/mol. The van der Waals surface area contributed by atoms with Crippen LogP contribution in [0.4, 0.5) is 6.01 Å². The van der Waals surface area contributed by atoms with Crippen LogP contribution in [0.5, 0.6) is 11.5 Å². The van der Waals surface area contributed by atoms with Gasteiger partial charge in [0.1, 0.15) is 22.7 Å². The summed E-state index contributed by atoms with van der Waals surface area (Å²) in [6.45, 7) is 7.15. The van der Waals surface area contributed by atoms with Gasteiger partial charge in [-0.1, -0.05) is 20.8 Å². The molecular weight excluding hydrogens is 392 g/mol. The lowest BCUT2D eigenvalue weighted by molar-refractivity contribution is -0.105. The first-order chi connectivity index (χ1) is 14.8. The maximum Gasteiger partial charge on any atom is 0.295 e. The molecule has 0 unspecified atom stereocenters. The summed E-state index contributed by atoms with van der Waals surface area (Å²) in [5.74, 6) is 3.01. The van der Waals surface area contributed by atoms with Crippen molar-refractivity contribution in [2.75, 3.05) is 12.4 Å². The third-order valence-electron chi connectivity index (χ3n) is 7.45. The topological polar surface area (TPSA) is 89.3 Å². The predicted molar refractivity (Wildman–Crippen MR) is 118 cm³/mol. The van der Waals surface area contributed by atoms with Crippen molar-refractivity contribution in [3.05, 3.63) is 42.2 Å². The highest BCUT2D eigenvalue weighted by Crippen LogP contribution is 2.61. The van der Waals surface area contributed by atoms with Crippen molar-refractivity contribution in [2.24, 2.45) is 23.2 Å². The second kappa shape index (κ2) is 7.25. The maximum absolute atomic E-state index is 11.8. The van der Waals surface area contributed by atoms with Crippen LogP contribution < -0.4 is 15.4 Å². The lowest BCUT2D eigenvalue weighted by Gasteiger charge is -2.62. The fraction of sp³-hybridized carbons (Fsp3) is 0.458. The van der Waals surface area contributed by atoms with Crippen LogP contribution in [0.25, 0.3) is 11.1 Å². The first-order valence-electron chi connectivity index (χ1n) is 10.9. The van der Waals surface area contributed by atoms with Crippen LogP contribution in [0, 0.1) is 23.2 Å². The number of oxazole rings is 1. The summed E-state index contributed by atoms with van der Waals surface area (Å²) in [7, 11) is 1.57. The summed E-state index contributed by atoms with van der Waals surface area (Å²) in [5.41, 5.74) is 2.20. The molecule has 31 heavy (non-hydrogen) atoms. The van der Waals surface area contributed by atoms with Crippen molar-refractivity contribution in [2.45, 2.75) is 39.7 Å². The number of pyridine rings is 1. The third-order valence-corrected chi connectivity index (χ3v) is 7.45. The highest BCUT2D eigenvalue weighted by molar-refractivity contribution is 5.92. The van der Waals surface area contributed by atoms with Gasteiger partial charge in [0.25, 0.3) is 11.9 Å². The molecule has 4 atom stereocenters. The minimum absolute atomic E-state index is 0.259. The van der Waals surface area contributed by atoms with Gasteiger partial charge in [0, 0.05) is 31.4 Å². The highest BCUT2D eigenvalue weighted by atomic mass is 16.5. The standard InChI is InChI=1S/C24H28N4O3/c1-13-17-9-14(24(17,2)3)10-19(13)28-23-27-18-6-5-15(12-21(18)31-23)30-16-7-8-26-20(11-16)22(29)25-4/h5-8,11-14,17,19H,9-10H2,1-4H3,(H,25,29)(H,27,28)/t13-,14+,17+,19+/m1/s1. The van der Waals surface area contributed by atoms with Crippen LogP contribution >= 0.6 is 0 Å². The van der Waals surface area contributed by atoms with Crippen LogP contribution in [0.1, 0.15) is 44.1 Å². The van der Waals surface area contributed by atoms with E-state index in [1.165, 1.54) is 6.42 Å². The van der Waals surface area contributed by atoms with Crippen molar-refractivity contribution < 1.29 is 13.9 Å². The second-order valence-electron chi connectivity index (χ2n) is 9.41. The van der Waals surface area contributed by atoms with Gasteiger partial charge in [-0.2, -0.15) is 4.98 Å². The molecule has 2 aromatic heterocycles. The van der Waals surface area contributed by atoms with Crippen molar-refractivity contribution >= 4 is 23.0 Å². The molecule has 0 radical (unpaired) electrons. The lowest BCUT2D eigenvalue weighted by atomic mass is 9.45. The summed E-state index contributed by atoms with van der Waals surface area (Å²) < 4.78 is 11.9. The molecule has 3 aromatic rings. The van der Waals surface area contributed by atoms with E-state index in [0.29, 0.717) is 46.2 Å². The summed E-state index contributed by atoms with van der Waals surface area (Å²) in [5, 5.41) is 6.10. The second-order valence-corrected chi connectivity index (χ2v) is 9.41. The van der Waals surface area contributed by atoms with Crippen LogP contribution in [0.2, 0.25) is 0 Å². The van der Waals surface area contributed by atoms with Gasteiger partial charge in [-0.25, -0.2) is 0 Å². The molecule has 7 nitrogen and oxygen atoms in total. The molecule has 3 saturated carbocycles. The molecule has 2 bridgehead atoms. The molecule has 0 aliphatic heterocycles. The number of carbonyl (C=O) groups is 1. The van der Waals surface area contributed by atoms with E-state index < -0.39 is 0 Å². The van der Waals surface area contributed by atoms with Crippen LogP contribution in [-0.4, -0.2) is 29.0 Å². The molecule has 0 spiro atoms. The quantitative estimate of drug-likeness (QED) is 0.613. The van der Waals surface area contributed by atoms with Crippen LogP contribution in [0.3, 0.4) is 0 Å². The van der Waals surface area contributed by atoms with E-state index in [-0.39, 0.29) is 5.91 Å². The van der Waals surface area contributed by atoms with Crippen molar-refractivity contribution in [1.82, 2.24) is 15.3 Å². The lowest BCUT2D eigenvalue weighted by Crippen LogP contribution is -2.58. The number of fused-ring (bicyclic) bond motifs is 3. The van der Waals surface area contributed by atoms with Crippen molar-refractivity contribution in [1.29, 1.82) is 0 Å². The fourth-order valence-electron chi connectivity index (χ4n) is 5.39. The number of aromatic nitrogens is 2. The van der Waals surface area contributed by atoms with Crippen molar-refractivity contribution in [3.8, 4) is 11.5 Å². The number of carbonyl (C=O) groups excluding carboxylic acids is 1. The Morgan fingerprint density at radius 2 is 2.00 bits per heavy atom. The Balaban J connectivity index is 1.31. The zero-order valence-electron chi connectivity index (χ0n) is 18.3. The number of nitrogens with one attached hydrogen (secondary N) is 2. The summed E-state index contributed by atoms with van der Waals surface area (Å²) >= 11 is 0. The molecule has 0 saturated heterocycles. The normalized spacial score (nSPS) is 26.2. The first-order valence-corrected chi connectivity index (χ1v) is 10.9. The minimum Gasteiger partial charge on any atom is -0.457 e. The van der Waals surface area contributed by atoms with Gasteiger partial charge >= 0.3 is 0 Å². The van der Waals surface area contributed by atoms with Crippen molar-refractivity contribution in [3.63, 3.8) is 0 Å². The summed E-state index contributed by atoms with van der Waals surface area (Å²) in [6.07, 6.45) is 4.05. The molecule has 1 aromatic carbocycles. The Hall–Kier alpha value is -3.09. The third kappa shape index (κ3) is 3.42. The number of anilines is 1. The Morgan fingerprint density at radius 1 is 1.19 bits per heavy atom. The number of rotatable bonds is 5. The van der Waals surface area contributed by atoms with Gasteiger partial charge in [0.05, 0.1) is 0 Å². The van der Waals surface area contributed by atoms with E-state index >= 15 is 0 Å². The number of hydrogen-bond acceptors (Lipinski definition) is 6. The SMILES string of the molecule is CNC(=O)c1cc(Oc2ccc3nc(N[C@H]4C[C@@H]5C[C@@H]([C@H]4C)C5(C)C)oc3c2)ccn1. The van der Waals surface area contributed by atoms with E-state index in [1.807, 2.05) is 18.2 Å². The number of ether oxygens (including phenoxy) is 1. The van der Waals surface area contributed by atoms with Gasteiger partial charge in [0.2, 0.25) is 0 Å². The number of amides is 1. The average Bonchev–Trinajstić information content (AvgIpc) is 3.16. The monoisotopic (exact) mass is 420 g/mol. The summed E-state index contributed by atoms with van der Waals surface area (Å²) in [4.78, 5) is 20.5. The smallest absolute Gasteiger partial charge is 0.295 e. The molecule has 3 aliphatic rings. The van der Waals surface area contributed by atoms with Crippen LogP contribution in [0.15, 0.2) is 40.9 Å². The Labute approximate surface area is 181 Å². The Morgan fingerprint density at radius 3 is 2.74 bits per heavy atom. The molecule has 7 heteroatoms. The predicted octanol–water partition coefficient (Wildman–Crippen LogP) is 4.86. The molecule has 2 N–H and O–H groups in total. The molecule has 2 heterocycles. The van der Waals surface area contributed by atoms with Gasteiger partial charge in [-0.15, -0.1) is 0 Å². The molecule has 6 rings (SSSR count). The van der Waals surface area contributed by atoms with Gasteiger partial charge < -0.3 is 19.8 Å². The van der Waals surface area contributed by atoms with E-state index in [0.717, 1.165) is 23.8 Å². The fourth-order valence-corrected chi connectivity index (χ4v) is 5.39. The maximum atomic E-state index is 11.8. The van der Waals surface area contributed by atoms with Gasteiger partial charge in [-0.05, 0) is 54.2 Å². The molecule has 3 aliphatic carbocycles. The van der Waals surface area contributed by atoms with Crippen LogP contribution in [-0.2, 0) is 0 Å².